The molecule has 0 radical (unpaired) electrons. The van der Waals surface area contributed by atoms with Crippen LogP contribution < -0.4 is 4.74 Å². The van der Waals surface area contributed by atoms with Gasteiger partial charge in [0.1, 0.15) is 0 Å². The van der Waals surface area contributed by atoms with Crippen LogP contribution in [-0.2, 0) is 4.74 Å². The summed E-state index contributed by atoms with van der Waals surface area (Å²) < 4.78 is 35.4. The van der Waals surface area contributed by atoms with Crippen LogP contribution >= 0.6 is 11.6 Å². The number of alkyl halides is 1. The van der Waals surface area contributed by atoms with Crippen LogP contribution in [-0.4, -0.2) is 6.79 Å². The summed E-state index contributed by atoms with van der Waals surface area (Å²) in [5.41, 5.74) is -0.467. The first-order valence-electron chi connectivity index (χ1n) is 3.56. The van der Waals surface area contributed by atoms with Gasteiger partial charge in [-0.15, -0.1) is 0 Å². The van der Waals surface area contributed by atoms with Gasteiger partial charge in [-0.1, -0.05) is 11.6 Å². The van der Waals surface area contributed by atoms with Gasteiger partial charge in [0.2, 0.25) is 5.82 Å². The van der Waals surface area contributed by atoms with E-state index in [1.54, 1.807) is 0 Å². The van der Waals surface area contributed by atoms with E-state index >= 15 is 0 Å². The molecule has 0 bridgehead atoms. The molecule has 13 heavy (non-hydrogen) atoms. The molecule has 1 aliphatic rings. The molecule has 1 aliphatic heterocycles. The average Bonchev–Trinajstić information content (AvgIpc) is 2.12. The van der Waals surface area contributed by atoms with Gasteiger partial charge in [-0.05, 0) is 12.1 Å². The SMILES string of the molecule is Fc1ccc2c(c1F)OCOC2Cl. The third-order valence-electron chi connectivity index (χ3n) is 1.74. The lowest BCUT2D eigenvalue weighted by atomic mass is 10.2. The van der Waals surface area contributed by atoms with Crippen molar-refractivity contribution < 1.29 is 18.3 Å². The zero-order valence-corrected chi connectivity index (χ0v) is 7.15. The third-order valence-corrected chi connectivity index (χ3v) is 2.10. The summed E-state index contributed by atoms with van der Waals surface area (Å²) in [4.78, 5) is 0. The molecule has 0 spiro atoms. The molecule has 70 valence electrons. The summed E-state index contributed by atoms with van der Waals surface area (Å²) in [5.74, 6) is -2.14. The highest BCUT2D eigenvalue weighted by Crippen LogP contribution is 2.36. The minimum Gasteiger partial charge on any atom is -0.464 e. The molecule has 1 atom stereocenters. The van der Waals surface area contributed by atoms with Gasteiger partial charge in [0.05, 0.1) is 0 Å². The highest BCUT2D eigenvalue weighted by Gasteiger charge is 2.24. The fraction of sp³-hybridized carbons (Fsp3) is 0.250. The molecule has 0 saturated carbocycles. The fourth-order valence-corrected chi connectivity index (χ4v) is 1.34. The Kier molecular flexibility index (Phi) is 2.09. The van der Waals surface area contributed by atoms with E-state index in [1.807, 2.05) is 0 Å². The highest BCUT2D eigenvalue weighted by atomic mass is 35.5. The maximum atomic E-state index is 13.0. The van der Waals surface area contributed by atoms with Gasteiger partial charge in [-0.3, -0.25) is 0 Å². The second-order valence-corrected chi connectivity index (χ2v) is 2.92. The maximum absolute atomic E-state index is 13.0. The largest absolute Gasteiger partial charge is 0.464 e. The predicted octanol–water partition coefficient (Wildman–Crippen LogP) is 2.57. The number of hydrogen-bond acceptors (Lipinski definition) is 2. The highest BCUT2D eigenvalue weighted by molar-refractivity contribution is 6.20. The molecule has 0 aliphatic carbocycles. The topological polar surface area (TPSA) is 18.5 Å². The van der Waals surface area contributed by atoms with Crippen LogP contribution in [0, 0.1) is 11.6 Å². The van der Waals surface area contributed by atoms with Gasteiger partial charge in [0, 0.05) is 5.56 Å². The van der Waals surface area contributed by atoms with Crippen molar-refractivity contribution in [1.29, 1.82) is 0 Å². The van der Waals surface area contributed by atoms with Gasteiger partial charge in [0.25, 0.3) is 0 Å². The smallest absolute Gasteiger partial charge is 0.201 e. The Labute approximate surface area is 78.0 Å². The quantitative estimate of drug-likeness (QED) is 0.608. The molecule has 0 aromatic heterocycles. The van der Waals surface area contributed by atoms with Crippen LogP contribution in [0.2, 0.25) is 0 Å². The molecule has 2 rings (SSSR count). The zero-order valence-electron chi connectivity index (χ0n) is 6.39. The van der Waals surface area contributed by atoms with Crippen LogP contribution in [0.5, 0.6) is 5.75 Å². The molecule has 0 saturated heterocycles. The van der Waals surface area contributed by atoms with Crippen LogP contribution in [0.4, 0.5) is 8.78 Å². The molecule has 0 N–H and O–H groups in total. The van der Waals surface area contributed by atoms with Crippen molar-refractivity contribution in [1.82, 2.24) is 0 Å². The molecule has 1 aromatic carbocycles. The molecule has 1 unspecified atom stereocenters. The van der Waals surface area contributed by atoms with E-state index in [9.17, 15) is 8.78 Å². The van der Waals surface area contributed by atoms with E-state index in [-0.39, 0.29) is 12.5 Å². The fourth-order valence-electron chi connectivity index (χ4n) is 1.11. The van der Waals surface area contributed by atoms with Crippen LogP contribution in [0.1, 0.15) is 11.1 Å². The van der Waals surface area contributed by atoms with E-state index in [2.05, 4.69) is 0 Å². The molecular weight excluding hydrogens is 202 g/mol. The van der Waals surface area contributed by atoms with Crippen molar-refractivity contribution in [2.75, 3.05) is 6.79 Å². The molecule has 1 heterocycles. The average molecular weight is 207 g/mol. The van der Waals surface area contributed by atoms with Crippen molar-refractivity contribution in [2.45, 2.75) is 5.56 Å². The van der Waals surface area contributed by atoms with Crippen LogP contribution in [0.15, 0.2) is 12.1 Å². The first kappa shape index (κ1) is 8.72. The Morgan fingerprint density at radius 3 is 2.92 bits per heavy atom. The zero-order chi connectivity index (χ0) is 9.42. The van der Waals surface area contributed by atoms with Gasteiger partial charge >= 0.3 is 0 Å². The molecule has 5 heteroatoms. The van der Waals surface area contributed by atoms with Gasteiger partial charge in [-0.2, -0.15) is 4.39 Å². The Bertz CT molecular complexity index is 343. The van der Waals surface area contributed by atoms with Crippen LogP contribution in [0.25, 0.3) is 0 Å². The van der Waals surface area contributed by atoms with E-state index in [0.29, 0.717) is 5.56 Å². The lowest BCUT2D eigenvalue weighted by Gasteiger charge is -2.22. The van der Waals surface area contributed by atoms with Crippen molar-refractivity contribution >= 4 is 11.6 Å². The van der Waals surface area contributed by atoms with Crippen molar-refractivity contribution in [3.8, 4) is 5.75 Å². The second kappa shape index (κ2) is 3.12. The Balaban J connectivity index is 2.56. The summed E-state index contributed by atoms with van der Waals surface area (Å²) in [5, 5.41) is 0. The second-order valence-electron chi connectivity index (χ2n) is 2.52. The summed E-state index contributed by atoms with van der Waals surface area (Å²) in [6.45, 7) is -0.165. The maximum Gasteiger partial charge on any atom is 0.201 e. The molecule has 0 fully saturated rings. The molecule has 2 nitrogen and oxygen atoms in total. The predicted molar refractivity (Wildman–Crippen MR) is 41.5 cm³/mol. The summed E-state index contributed by atoms with van der Waals surface area (Å²) in [6, 6.07) is 2.33. The molecule has 1 aromatic rings. The first-order chi connectivity index (χ1) is 6.20. The van der Waals surface area contributed by atoms with E-state index < -0.39 is 17.2 Å². The Morgan fingerprint density at radius 2 is 2.15 bits per heavy atom. The third kappa shape index (κ3) is 1.36. The lowest BCUT2D eigenvalue weighted by molar-refractivity contribution is -0.0274. The van der Waals surface area contributed by atoms with E-state index in [4.69, 9.17) is 21.1 Å². The number of hydrogen-bond donors (Lipinski definition) is 0. The number of rotatable bonds is 0. The number of fused-ring (bicyclic) bond motifs is 1. The number of benzene rings is 1. The first-order valence-corrected chi connectivity index (χ1v) is 4.00. The molecule has 0 amide bonds. The Hall–Kier alpha value is -0.870. The number of halogens is 3. The van der Waals surface area contributed by atoms with Gasteiger partial charge in [0.15, 0.2) is 23.9 Å². The number of ether oxygens (including phenoxy) is 2. The monoisotopic (exact) mass is 206 g/mol. The lowest BCUT2D eigenvalue weighted by Crippen LogP contribution is -2.15. The Morgan fingerprint density at radius 1 is 1.38 bits per heavy atom. The summed E-state index contributed by atoms with van der Waals surface area (Å²) in [7, 11) is 0. The van der Waals surface area contributed by atoms with Gasteiger partial charge in [-0.25, -0.2) is 4.39 Å². The van der Waals surface area contributed by atoms with Crippen molar-refractivity contribution in [3.63, 3.8) is 0 Å². The van der Waals surface area contributed by atoms with Crippen molar-refractivity contribution in [2.24, 2.45) is 0 Å². The van der Waals surface area contributed by atoms with Crippen LogP contribution in [0.3, 0.4) is 0 Å². The van der Waals surface area contributed by atoms with Crippen molar-refractivity contribution in [3.05, 3.63) is 29.3 Å². The molecular formula is C8H5ClF2O2. The standard InChI is InChI=1S/C8H5ClF2O2/c9-8-4-1-2-5(10)6(11)7(4)12-3-13-8/h1-2,8H,3H2. The summed E-state index contributed by atoms with van der Waals surface area (Å²) >= 11 is 5.68. The normalized spacial score (nSPS) is 20.7. The van der Waals surface area contributed by atoms with Gasteiger partial charge < -0.3 is 9.47 Å². The van der Waals surface area contributed by atoms with E-state index in [1.165, 1.54) is 6.07 Å². The van der Waals surface area contributed by atoms with E-state index in [0.717, 1.165) is 6.07 Å². The minimum atomic E-state index is -1.02. The minimum absolute atomic E-state index is 0.161. The summed E-state index contributed by atoms with van der Waals surface area (Å²) in [6.07, 6.45) is 0.